The number of nitrogens with zero attached hydrogens (tertiary/aromatic N) is 6. The molecule has 4 heterocycles. The van der Waals surface area contributed by atoms with E-state index in [1.807, 2.05) is 4.90 Å². The van der Waals surface area contributed by atoms with Crippen LogP contribution in [-0.4, -0.2) is 87.4 Å². The molecule has 0 aromatic carbocycles. The highest BCUT2D eigenvalue weighted by atomic mass is 16.4. The number of hydrogen-bond acceptors (Lipinski definition) is 10. The Balaban J connectivity index is 1.75. The molecule has 3 saturated heterocycles. The zero-order chi connectivity index (χ0) is 21.4. The molecule has 30 heavy (non-hydrogen) atoms. The first-order valence-corrected chi connectivity index (χ1v) is 10.3. The van der Waals surface area contributed by atoms with Gasteiger partial charge in [-0.15, -0.1) is 0 Å². The van der Waals surface area contributed by atoms with E-state index in [1.54, 1.807) is 9.80 Å². The van der Waals surface area contributed by atoms with Crippen molar-refractivity contribution in [2.24, 2.45) is 11.5 Å². The largest absolute Gasteiger partial charge is 0.480 e. The van der Waals surface area contributed by atoms with E-state index in [9.17, 15) is 19.8 Å². The predicted octanol–water partition coefficient (Wildman–Crippen LogP) is -1.16. The van der Waals surface area contributed by atoms with Gasteiger partial charge in [-0.1, -0.05) is 0 Å². The van der Waals surface area contributed by atoms with Crippen molar-refractivity contribution in [3.05, 3.63) is 0 Å². The average Bonchev–Trinajstić information content (AvgIpc) is 3.31. The van der Waals surface area contributed by atoms with Crippen molar-refractivity contribution in [2.75, 3.05) is 40.9 Å². The van der Waals surface area contributed by atoms with Crippen molar-refractivity contribution < 1.29 is 19.8 Å². The maximum atomic E-state index is 11.8. The summed E-state index contributed by atoms with van der Waals surface area (Å²) in [6, 6.07) is -2.28. The van der Waals surface area contributed by atoms with Crippen LogP contribution in [0, 0.1) is 0 Å². The molecule has 0 amide bonds. The Hall–Kier alpha value is -2.73. The second-order valence-corrected chi connectivity index (χ2v) is 8.29. The zero-order valence-electron chi connectivity index (χ0n) is 16.7. The molecule has 4 unspecified atom stereocenters. The van der Waals surface area contributed by atoms with Crippen molar-refractivity contribution in [1.29, 1.82) is 0 Å². The molecule has 4 atom stereocenters. The summed E-state index contributed by atoms with van der Waals surface area (Å²) in [6.07, 6.45) is 3.74. The molecule has 3 aliphatic heterocycles. The Bertz CT molecular complexity index is 763. The van der Waals surface area contributed by atoms with Crippen LogP contribution in [0.4, 0.5) is 17.8 Å². The Morgan fingerprint density at radius 1 is 0.767 bits per heavy atom. The molecule has 164 valence electrons. The van der Waals surface area contributed by atoms with Crippen molar-refractivity contribution in [3.63, 3.8) is 0 Å². The SMILES string of the molecule is NC1CC(C(=O)O)N(c2nc(N3CCCCC3)nc(N3CC(N)CC3C(=O)O)n2)C1. The number of piperidine rings is 1. The molecule has 0 radical (unpaired) electrons. The molecule has 0 aliphatic carbocycles. The second kappa shape index (κ2) is 8.19. The van der Waals surface area contributed by atoms with Gasteiger partial charge in [-0.05, 0) is 32.1 Å². The second-order valence-electron chi connectivity index (χ2n) is 8.29. The lowest BCUT2D eigenvalue weighted by molar-refractivity contribution is -0.139. The van der Waals surface area contributed by atoms with E-state index >= 15 is 0 Å². The van der Waals surface area contributed by atoms with E-state index in [4.69, 9.17) is 11.5 Å². The van der Waals surface area contributed by atoms with Gasteiger partial charge in [0.2, 0.25) is 17.8 Å². The van der Waals surface area contributed by atoms with Gasteiger partial charge in [-0.3, -0.25) is 0 Å². The Morgan fingerprint density at radius 2 is 1.20 bits per heavy atom. The van der Waals surface area contributed by atoms with Gasteiger partial charge in [0, 0.05) is 38.3 Å². The Labute approximate surface area is 173 Å². The smallest absolute Gasteiger partial charge is 0.326 e. The van der Waals surface area contributed by atoms with Crippen molar-refractivity contribution in [2.45, 2.75) is 56.3 Å². The third-order valence-corrected chi connectivity index (χ3v) is 5.99. The molecule has 1 aromatic heterocycles. The molecule has 3 fully saturated rings. The van der Waals surface area contributed by atoms with Crippen molar-refractivity contribution in [1.82, 2.24) is 15.0 Å². The minimum atomic E-state index is -0.990. The normalized spacial score (nSPS) is 29.5. The topological polar surface area (TPSA) is 175 Å². The van der Waals surface area contributed by atoms with Crippen LogP contribution in [-0.2, 0) is 9.59 Å². The molecule has 1 aromatic rings. The van der Waals surface area contributed by atoms with Crippen LogP contribution in [0.25, 0.3) is 0 Å². The standard InChI is InChI=1S/C18H28N8O4/c19-10-6-12(14(27)28)25(8-10)17-21-16(24-4-2-1-3-5-24)22-18(23-17)26-9-11(20)7-13(26)15(29)30/h10-13H,1-9,19-20H2,(H,27,28)(H,29,30). The molecule has 12 nitrogen and oxygen atoms in total. The van der Waals surface area contributed by atoms with E-state index in [-0.39, 0.29) is 24.0 Å². The summed E-state index contributed by atoms with van der Waals surface area (Å²) < 4.78 is 0. The molecular weight excluding hydrogens is 392 g/mol. The van der Waals surface area contributed by atoms with Crippen LogP contribution in [0.5, 0.6) is 0 Å². The number of hydrogen-bond donors (Lipinski definition) is 4. The number of carbonyl (C=O) groups is 2. The van der Waals surface area contributed by atoms with E-state index in [2.05, 4.69) is 15.0 Å². The van der Waals surface area contributed by atoms with Crippen LogP contribution in [0.1, 0.15) is 32.1 Å². The van der Waals surface area contributed by atoms with Crippen LogP contribution in [0.3, 0.4) is 0 Å². The highest BCUT2D eigenvalue weighted by Gasteiger charge is 2.40. The Morgan fingerprint density at radius 3 is 1.63 bits per heavy atom. The van der Waals surface area contributed by atoms with Gasteiger partial charge in [0.15, 0.2) is 0 Å². The van der Waals surface area contributed by atoms with E-state index in [1.165, 1.54) is 0 Å². The predicted molar refractivity (Wildman–Crippen MR) is 109 cm³/mol. The number of anilines is 3. The fourth-order valence-electron chi connectivity index (χ4n) is 4.48. The van der Waals surface area contributed by atoms with Gasteiger partial charge < -0.3 is 36.4 Å². The van der Waals surface area contributed by atoms with Gasteiger partial charge in [-0.25, -0.2) is 9.59 Å². The summed E-state index contributed by atoms with van der Waals surface area (Å²) in [7, 11) is 0. The summed E-state index contributed by atoms with van der Waals surface area (Å²) in [5, 5.41) is 19.3. The van der Waals surface area contributed by atoms with Crippen LogP contribution < -0.4 is 26.2 Å². The average molecular weight is 420 g/mol. The first-order valence-electron chi connectivity index (χ1n) is 10.3. The fraction of sp³-hybridized carbons (Fsp3) is 0.722. The summed E-state index contributed by atoms with van der Waals surface area (Å²) in [4.78, 5) is 42.4. The highest BCUT2D eigenvalue weighted by molar-refractivity contribution is 5.79. The van der Waals surface area contributed by atoms with Crippen molar-refractivity contribution in [3.8, 4) is 0 Å². The minimum Gasteiger partial charge on any atom is -0.480 e. The van der Waals surface area contributed by atoms with Gasteiger partial charge in [0.1, 0.15) is 12.1 Å². The summed E-state index contributed by atoms with van der Waals surface area (Å²) in [5.74, 6) is -1.12. The quantitative estimate of drug-likeness (QED) is 0.450. The first kappa shape index (κ1) is 20.5. The molecule has 4 rings (SSSR count). The summed E-state index contributed by atoms with van der Waals surface area (Å²) in [5.41, 5.74) is 12.0. The highest BCUT2D eigenvalue weighted by Crippen LogP contribution is 2.29. The number of carboxylic acids is 2. The fourth-order valence-corrected chi connectivity index (χ4v) is 4.48. The molecule has 12 heteroatoms. The van der Waals surface area contributed by atoms with E-state index in [0.29, 0.717) is 31.9 Å². The molecule has 3 aliphatic rings. The number of aliphatic carboxylic acids is 2. The minimum absolute atomic E-state index is 0.213. The molecule has 6 N–H and O–H groups in total. The number of aromatic nitrogens is 3. The molecule has 0 spiro atoms. The molecular formula is C18H28N8O4. The number of carboxylic acid groups (broad SMARTS) is 2. The lowest BCUT2D eigenvalue weighted by Gasteiger charge is -2.30. The van der Waals surface area contributed by atoms with E-state index < -0.39 is 24.0 Å². The lowest BCUT2D eigenvalue weighted by atomic mass is 10.1. The lowest BCUT2D eigenvalue weighted by Crippen LogP contribution is -2.41. The zero-order valence-corrected chi connectivity index (χ0v) is 16.7. The monoisotopic (exact) mass is 420 g/mol. The summed E-state index contributed by atoms with van der Waals surface area (Å²) >= 11 is 0. The van der Waals surface area contributed by atoms with Gasteiger partial charge in [0.25, 0.3) is 0 Å². The van der Waals surface area contributed by atoms with E-state index in [0.717, 1.165) is 32.4 Å². The third-order valence-electron chi connectivity index (χ3n) is 5.99. The molecule has 0 saturated carbocycles. The van der Waals surface area contributed by atoms with Crippen LogP contribution in [0.2, 0.25) is 0 Å². The van der Waals surface area contributed by atoms with Crippen LogP contribution in [0.15, 0.2) is 0 Å². The molecule has 0 bridgehead atoms. The van der Waals surface area contributed by atoms with Crippen LogP contribution >= 0.6 is 0 Å². The van der Waals surface area contributed by atoms with Crippen molar-refractivity contribution >= 4 is 29.8 Å². The maximum absolute atomic E-state index is 11.8. The van der Waals surface area contributed by atoms with Gasteiger partial charge in [0.05, 0.1) is 0 Å². The van der Waals surface area contributed by atoms with Gasteiger partial charge >= 0.3 is 11.9 Å². The summed E-state index contributed by atoms with van der Waals surface area (Å²) in [6.45, 7) is 2.18. The first-order chi connectivity index (χ1) is 14.3. The number of rotatable bonds is 5. The Kier molecular flexibility index (Phi) is 5.60. The van der Waals surface area contributed by atoms with Gasteiger partial charge in [-0.2, -0.15) is 15.0 Å². The third kappa shape index (κ3) is 3.97. The maximum Gasteiger partial charge on any atom is 0.326 e. The number of nitrogens with two attached hydrogens (primary N) is 2.